The Morgan fingerprint density at radius 1 is 0.722 bits per heavy atom. The number of hydrogen-bond donors (Lipinski definition) is 0. The van der Waals surface area contributed by atoms with Crippen LogP contribution in [0.1, 0.15) is 57.8 Å². The van der Waals surface area contributed by atoms with Crippen LogP contribution in [0, 0.1) is 29.1 Å². The van der Waals surface area contributed by atoms with Crippen molar-refractivity contribution in [2.75, 3.05) is 0 Å². The SMILES string of the molecule is C1=CC2(C=C1)CCC1CC3CCCCC3CC1C2. The largest absolute Gasteiger partial charge is 0.0745 e. The zero-order chi connectivity index (χ0) is 12.0. The normalized spacial score (nSPS) is 44.9. The molecule has 0 N–H and O–H groups in total. The first kappa shape index (κ1) is 11.3. The third-order valence-electron chi connectivity index (χ3n) is 6.53. The van der Waals surface area contributed by atoms with Crippen molar-refractivity contribution in [1.29, 1.82) is 0 Å². The van der Waals surface area contributed by atoms with E-state index in [1.54, 1.807) is 25.7 Å². The second-order valence-corrected chi connectivity index (χ2v) is 7.49. The van der Waals surface area contributed by atoms with E-state index < -0.39 is 0 Å². The Morgan fingerprint density at radius 2 is 1.33 bits per heavy atom. The maximum atomic E-state index is 2.50. The molecule has 4 rings (SSSR count). The standard InChI is InChI=1S/C18H26/c1-2-6-15-12-17-13-18(8-3-4-9-18)10-7-16(17)11-14(15)5-1/h3-4,8-9,14-17H,1-2,5-7,10-13H2. The van der Waals surface area contributed by atoms with E-state index in [0.29, 0.717) is 5.41 Å². The molecule has 0 aromatic rings. The van der Waals surface area contributed by atoms with E-state index in [-0.39, 0.29) is 0 Å². The Hall–Kier alpha value is -0.520. The van der Waals surface area contributed by atoms with Gasteiger partial charge in [-0.15, -0.1) is 0 Å². The first-order valence-corrected chi connectivity index (χ1v) is 8.22. The van der Waals surface area contributed by atoms with Gasteiger partial charge in [-0.05, 0) is 55.8 Å². The van der Waals surface area contributed by atoms with Crippen LogP contribution in [0.25, 0.3) is 0 Å². The van der Waals surface area contributed by atoms with Crippen LogP contribution in [-0.2, 0) is 0 Å². The van der Waals surface area contributed by atoms with Crippen LogP contribution < -0.4 is 0 Å². The molecule has 1 spiro atoms. The molecule has 0 amide bonds. The molecule has 0 bridgehead atoms. The molecule has 0 saturated heterocycles. The Kier molecular flexibility index (Phi) is 2.67. The molecule has 0 aromatic carbocycles. The molecule has 18 heavy (non-hydrogen) atoms. The predicted octanol–water partition coefficient (Wildman–Crippen LogP) is 5.12. The van der Waals surface area contributed by atoms with Crippen molar-refractivity contribution in [2.45, 2.75) is 57.8 Å². The van der Waals surface area contributed by atoms with Gasteiger partial charge in [-0.2, -0.15) is 0 Å². The Balaban J connectivity index is 1.51. The maximum absolute atomic E-state index is 2.50. The van der Waals surface area contributed by atoms with Gasteiger partial charge in [0.05, 0.1) is 0 Å². The Morgan fingerprint density at radius 3 is 2.06 bits per heavy atom. The predicted molar refractivity (Wildman–Crippen MR) is 76.2 cm³/mol. The van der Waals surface area contributed by atoms with E-state index in [1.807, 2.05) is 0 Å². The monoisotopic (exact) mass is 242 g/mol. The smallest absolute Gasteiger partial charge is 0.00700 e. The van der Waals surface area contributed by atoms with Gasteiger partial charge in [-0.1, -0.05) is 50.0 Å². The van der Waals surface area contributed by atoms with E-state index in [9.17, 15) is 0 Å². The molecule has 4 aliphatic rings. The molecule has 3 saturated carbocycles. The summed E-state index contributed by atoms with van der Waals surface area (Å²) in [5.74, 6) is 4.34. The lowest BCUT2D eigenvalue weighted by Gasteiger charge is -2.49. The lowest BCUT2D eigenvalue weighted by atomic mass is 9.55. The molecule has 98 valence electrons. The molecule has 0 heterocycles. The van der Waals surface area contributed by atoms with Gasteiger partial charge in [0, 0.05) is 5.41 Å². The minimum atomic E-state index is 0.489. The molecule has 4 aliphatic carbocycles. The van der Waals surface area contributed by atoms with Crippen LogP contribution >= 0.6 is 0 Å². The van der Waals surface area contributed by atoms with Crippen molar-refractivity contribution >= 4 is 0 Å². The highest BCUT2D eigenvalue weighted by Crippen LogP contribution is 2.55. The van der Waals surface area contributed by atoms with Crippen LogP contribution in [0.5, 0.6) is 0 Å². The van der Waals surface area contributed by atoms with Gasteiger partial charge >= 0.3 is 0 Å². The van der Waals surface area contributed by atoms with Crippen molar-refractivity contribution in [2.24, 2.45) is 29.1 Å². The van der Waals surface area contributed by atoms with Crippen LogP contribution in [-0.4, -0.2) is 0 Å². The van der Waals surface area contributed by atoms with Gasteiger partial charge in [0.1, 0.15) is 0 Å². The number of fused-ring (bicyclic) bond motifs is 2. The fourth-order valence-electron chi connectivity index (χ4n) is 5.57. The van der Waals surface area contributed by atoms with Gasteiger partial charge < -0.3 is 0 Å². The summed E-state index contributed by atoms with van der Waals surface area (Å²) in [6.45, 7) is 0. The van der Waals surface area contributed by atoms with Crippen LogP contribution in [0.4, 0.5) is 0 Å². The summed E-state index contributed by atoms with van der Waals surface area (Å²) in [5.41, 5.74) is 0.489. The van der Waals surface area contributed by atoms with Crippen LogP contribution in [0.3, 0.4) is 0 Å². The summed E-state index contributed by atoms with van der Waals surface area (Å²) in [4.78, 5) is 0. The third-order valence-corrected chi connectivity index (χ3v) is 6.53. The summed E-state index contributed by atoms with van der Waals surface area (Å²) in [7, 11) is 0. The molecule has 0 heteroatoms. The van der Waals surface area contributed by atoms with E-state index in [4.69, 9.17) is 0 Å². The fourth-order valence-corrected chi connectivity index (χ4v) is 5.57. The summed E-state index contributed by atoms with van der Waals surface area (Å²) in [6.07, 6.45) is 23.3. The topological polar surface area (TPSA) is 0 Å². The molecule has 4 atom stereocenters. The highest BCUT2D eigenvalue weighted by Gasteiger charge is 2.44. The third kappa shape index (κ3) is 1.80. The fraction of sp³-hybridized carbons (Fsp3) is 0.778. The first-order chi connectivity index (χ1) is 8.85. The summed E-state index contributed by atoms with van der Waals surface area (Å²) in [5, 5.41) is 0. The molecule has 0 radical (unpaired) electrons. The molecule has 0 aliphatic heterocycles. The lowest BCUT2D eigenvalue weighted by Crippen LogP contribution is -2.39. The number of allylic oxidation sites excluding steroid dienone is 4. The highest BCUT2D eigenvalue weighted by molar-refractivity contribution is 5.26. The minimum Gasteiger partial charge on any atom is -0.0745 e. The van der Waals surface area contributed by atoms with Gasteiger partial charge in [0.2, 0.25) is 0 Å². The van der Waals surface area contributed by atoms with E-state index in [1.165, 1.54) is 32.1 Å². The summed E-state index contributed by atoms with van der Waals surface area (Å²) < 4.78 is 0. The minimum absolute atomic E-state index is 0.489. The van der Waals surface area contributed by atoms with Crippen molar-refractivity contribution in [1.82, 2.24) is 0 Å². The zero-order valence-electron chi connectivity index (χ0n) is 11.5. The van der Waals surface area contributed by atoms with Crippen LogP contribution in [0.2, 0.25) is 0 Å². The Labute approximate surface area is 112 Å². The second-order valence-electron chi connectivity index (χ2n) is 7.49. The molecule has 4 unspecified atom stereocenters. The van der Waals surface area contributed by atoms with E-state index >= 15 is 0 Å². The zero-order valence-corrected chi connectivity index (χ0v) is 11.5. The summed E-state index contributed by atoms with van der Waals surface area (Å²) >= 11 is 0. The van der Waals surface area contributed by atoms with Crippen molar-refractivity contribution in [3.63, 3.8) is 0 Å². The highest BCUT2D eigenvalue weighted by atomic mass is 14.5. The van der Waals surface area contributed by atoms with Crippen LogP contribution in [0.15, 0.2) is 24.3 Å². The molecule has 3 fully saturated rings. The van der Waals surface area contributed by atoms with Crippen molar-refractivity contribution in [3.8, 4) is 0 Å². The molecular formula is C18H26. The average Bonchev–Trinajstić information content (AvgIpc) is 2.85. The molecule has 0 nitrogen and oxygen atoms in total. The molecular weight excluding hydrogens is 216 g/mol. The molecule has 0 aromatic heterocycles. The summed E-state index contributed by atoms with van der Waals surface area (Å²) in [6, 6.07) is 0. The second kappa shape index (κ2) is 4.25. The lowest BCUT2D eigenvalue weighted by molar-refractivity contribution is 0.0283. The van der Waals surface area contributed by atoms with E-state index in [0.717, 1.165) is 23.7 Å². The van der Waals surface area contributed by atoms with Gasteiger partial charge in [-0.3, -0.25) is 0 Å². The van der Waals surface area contributed by atoms with E-state index in [2.05, 4.69) is 24.3 Å². The van der Waals surface area contributed by atoms with Crippen molar-refractivity contribution < 1.29 is 0 Å². The average molecular weight is 242 g/mol. The maximum Gasteiger partial charge on any atom is 0.00700 e. The van der Waals surface area contributed by atoms with Gasteiger partial charge in [0.25, 0.3) is 0 Å². The quantitative estimate of drug-likeness (QED) is 0.553. The van der Waals surface area contributed by atoms with Crippen molar-refractivity contribution in [3.05, 3.63) is 24.3 Å². The Bertz CT molecular complexity index is 363. The van der Waals surface area contributed by atoms with Gasteiger partial charge in [-0.25, -0.2) is 0 Å². The number of hydrogen-bond acceptors (Lipinski definition) is 0. The first-order valence-electron chi connectivity index (χ1n) is 8.22. The van der Waals surface area contributed by atoms with Gasteiger partial charge in [0.15, 0.2) is 0 Å². The number of rotatable bonds is 0.